The summed E-state index contributed by atoms with van der Waals surface area (Å²) in [6, 6.07) is 4.10. The summed E-state index contributed by atoms with van der Waals surface area (Å²) in [4.78, 5) is 0. The van der Waals surface area contributed by atoms with Crippen molar-refractivity contribution in [1.82, 2.24) is 0 Å². The Kier molecular flexibility index (Phi) is 4.82. The van der Waals surface area contributed by atoms with E-state index in [9.17, 15) is 4.39 Å². The molecule has 0 spiro atoms. The van der Waals surface area contributed by atoms with E-state index < -0.39 is 5.82 Å². The van der Waals surface area contributed by atoms with Gasteiger partial charge in [0.05, 0.1) is 5.56 Å². The molecular formula is C15H21FN2O2. The zero-order valence-electron chi connectivity index (χ0n) is 11.7. The summed E-state index contributed by atoms with van der Waals surface area (Å²) in [5, 5.41) is 11.7. The molecule has 3 N–H and O–H groups in total. The van der Waals surface area contributed by atoms with Gasteiger partial charge in [-0.3, -0.25) is 0 Å². The van der Waals surface area contributed by atoms with Crippen LogP contribution in [0.2, 0.25) is 0 Å². The van der Waals surface area contributed by atoms with Crippen LogP contribution in [0.15, 0.2) is 23.4 Å². The van der Waals surface area contributed by atoms with E-state index in [1.807, 2.05) is 0 Å². The molecule has 2 unspecified atom stereocenters. The lowest BCUT2D eigenvalue weighted by atomic mass is 9.84. The highest BCUT2D eigenvalue weighted by Crippen LogP contribution is 2.31. The van der Waals surface area contributed by atoms with Crippen LogP contribution in [0.5, 0.6) is 5.75 Å². The summed E-state index contributed by atoms with van der Waals surface area (Å²) in [5.74, 6) is 0.416. The van der Waals surface area contributed by atoms with Gasteiger partial charge in [0.15, 0.2) is 5.84 Å². The summed E-state index contributed by atoms with van der Waals surface area (Å²) in [6.45, 7) is 2.15. The maximum atomic E-state index is 13.3. The van der Waals surface area contributed by atoms with Crippen molar-refractivity contribution < 1.29 is 14.3 Å². The maximum Gasteiger partial charge on any atom is 0.173 e. The number of ether oxygens (including phenoxy) is 1. The van der Waals surface area contributed by atoms with Crippen molar-refractivity contribution in [2.24, 2.45) is 16.8 Å². The predicted molar refractivity (Wildman–Crippen MR) is 75.6 cm³/mol. The molecule has 0 aliphatic heterocycles. The number of halogens is 1. The van der Waals surface area contributed by atoms with Gasteiger partial charge in [-0.1, -0.05) is 18.5 Å². The smallest absolute Gasteiger partial charge is 0.173 e. The molecule has 110 valence electrons. The molecule has 5 heteroatoms. The molecule has 0 radical (unpaired) electrons. The predicted octanol–water partition coefficient (Wildman–Crippen LogP) is 3.27. The highest BCUT2D eigenvalue weighted by Gasteiger charge is 2.26. The number of nitrogens with two attached hydrogens (primary N) is 1. The van der Waals surface area contributed by atoms with Crippen LogP contribution in [-0.4, -0.2) is 17.1 Å². The molecule has 1 aromatic carbocycles. The summed E-state index contributed by atoms with van der Waals surface area (Å²) >= 11 is 0. The van der Waals surface area contributed by atoms with Gasteiger partial charge in [0.1, 0.15) is 17.7 Å². The molecule has 1 aliphatic carbocycles. The van der Waals surface area contributed by atoms with Gasteiger partial charge in [0.2, 0.25) is 0 Å². The fourth-order valence-electron chi connectivity index (χ4n) is 2.82. The number of rotatable bonds is 4. The zero-order valence-corrected chi connectivity index (χ0v) is 11.7. The molecule has 0 aromatic heterocycles. The van der Waals surface area contributed by atoms with Crippen LogP contribution in [0.3, 0.4) is 0 Å². The minimum absolute atomic E-state index is 0.115. The van der Waals surface area contributed by atoms with E-state index in [2.05, 4.69) is 12.1 Å². The lowest BCUT2D eigenvalue weighted by Crippen LogP contribution is -2.30. The first-order valence-electron chi connectivity index (χ1n) is 7.09. The summed E-state index contributed by atoms with van der Waals surface area (Å²) in [5.41, 5.74) is 5.89. The first-order valence-corrected chi connectivity index (χ1v) is 7.09. The van der Waals surface area contributed by atoms with Gasteiger partial charge in [-0.05, 0) is 49.8 Å². The third kappa shape index (κ3) is 3.21. The van der Waals surface area contributed by atoms with Crippen LogP contribution in [0.25, 0.3) is 0 Å². The SMILES string of the molecule is CCC1CCCCC1Oc1ccc(F)cc1C(N)=NO. The minimum Gasteiger partial charge on any atom is -0.489 e. The van der Waals surface area contributed by atoms with Gasteiger partial charge >= 0.3 is 0 Å². The average molecular weight is 280 g/mol. The topological polar surface area (TPSA) is 67.8 Å². The van der Waals surface area contributed by atoms with Crippen LogP contribution in [0.1, 0.15) is 44.6 Å². The van der Waals surface area contributed by atoms with Crippen molar-refractivity contribution in [3.05, 3.63) is 29.6 Å². The second-order valence-corrected chi connectivity index (χ2v) is 5.23. The van der Waals surface area contributed by atoms with Crippen molar-refractivity contribution in [1.29, 1.82) is 0 Å². The Morgan fingerprint density at radius 1 is 1.45 bits per heavy atom. The second-order valence-electron chi connectivity index (χ2n) is 5.23. The van der Waals surface area contributed by atoms with Crippen LogP contribution >= 0.6 is 0 Å². The lowest BCUT2D eigenvalue weighted by molar-refractivity contribution is 0.0901. The van der Waals surface area contributed by atoms with Crippen LogP contribution in [-0.2, 0) is 0 Å². The first-order chi connectivity index (χ1) is 9.65. The normalized spacial score (nSPS) is 23.6. The summed E-state index contributed by atoms with van der Waals surface area (Å²) in [7, 11) is 0. The monoisotopic (exact) mass is 280 g/mol. The maximum absolute atomic E-state index is 13.3. The molecule has 1 fully saturated rings. The first kappa shape index (κ1) is 14.6. The van der Waals surface area contributed by atoms with Gasteiger partial charge < -0.3 is 15.7 Å². The van der Waals surface area contributed by atoms with Crippen LogP contribution in [0, 0.1) is 11.7 Å². The fraction of sp³-hybridized carbons (Fsp3) is 0.533. The third-order valence-electron chi connectivity index (χ3n) is 3.97. The van der Waals surface area contributed by atoms with E-state index in [0.717, 1.165) is 25.7 Å². The van der Waals surface area contributed by atoms with Crippen molar-refractivity contribution in [2.45, 2.75) is 45.1 Å². The Labute approximate surface area is 118 Å². The van der Waals surface area contributed by atoms with Crippen molar-refractivity contribution in [2.75, 3.05) is 0 Å². The number of amidine groups is 1. The number of hydrogen-bond acceptors (Lipinski definition) is 3. The highest BCUT2D eigenvalue weighted by molar-refractivity contribution is 5.99. The van der Waals surface area contributed by atoms with Gasteiger partial charge in [-0.25, -0.2) is 4.39 Å². The molecule has 4 nitrogen and oxygen atoms in total. The van der Waals surface area contributed by atoms with E-state index in [-0.39, 0.29) is 11.9 Å². The molecule has 0 bridgehead atoms. The molecule has 0 amide bonds. The third-order valence-corrected chi connectivity index (χ3v) is 3.97. The van der Waals surface area contributed by atoms with Gasteiger partial charge in [-0.2, -0.15) is 0 Å². The van der Waals surface area contributed by atoms with E-state index >= 15 is 0 Å². The summed E-state index contributed by atoms with van der Waals surface area (Å²) in [6.07, 6.45) is 5.69. The van der Waals surface area contributed by atoms with E-state index in [0.29, 0.717) is 17.2 Å². The van der Waals surface area contributed by atoms with Crippen molar-refractivity contribution in [3.63, 3.8) is 0 Å². The minimum atomic E-state index is -0.436. The Morgan fingerprint density at radius 3 is 2.90 bits per heavy atom. The average Bonchev–Trinajstić information content (AvgIpc) is 2.48. The van der Waals surface area contributed by atoms with Crippen molar-refractivity contribution in [3.8, 4) is 5.75 Å². The molecule has 2 rings (SSSR count). The quantitative estimate of drug-likeness (QED) is 0.385. The number of hydrogen-bond donors (Lipinski definition) is 2. The lowest BCUT2D eigenvalue weighted by Gasteiger charge is -2.31. The molecule has 0 saturated heterocycles. The Bertz CT molecular complexity index is 491. The van der Waals surface area contributed by atoms with Crippen molar-refractivity contribution >= 4 is 5.84 Å². The molecule has 1 saturated carbocycles. The molecule has 2 atom stereocenters. The summed E-state index contributed by atoms with van der Waals surface area (Å²) < 4.78 is 19.3. The second kappa shape index (κ2) is 6.59. The number of benzene rings is 1. The molecule has 0 heterocycles. The van der Waals surface area contributed by atoms with E-state index in [4.69, 9.17) is 15.7 Å². The fourth-order valence-corrected chi connectivity index (χ4v) is 2.82. The molecule has 1 aliphatic rings. The van der Waals surface area contributed by atoms with Gasteiger partial charge in [0, 0.05) is 0 Å². The Hall–Kier alpha value is -1.78. The van der Waals surface area contributed by atoms with E-state index in [1.165, 1.54) is 18.6 Å². The van der Waals surface area contributed by atoms with E-state index in [1.54, 1.807) is 6.07 Å². The molecule has 20 heavy (non-hydrogen) atoms. The zero-order chi connectivity index (χ0) is 14.5. The largest absolute Gasteiger partial charge is 0.489 e. The molecule has 1 aromatic rings. The number of oxime groups is 1. The van der Waals surface area contributed by atoms with Crippen LogP contribution in [0.4, 0.5) is 4.39 Å². The highest BCUT2D eigenvalue weighted by atomic mass is 19.1. The van der Waals surface area contributed by atoms with Gasteiger partial charge in [0.25, 0.3) is 0 Å². The molecular weight excluding hydrogens is 259 g/mol. The Balaban J connectivity index is 2.24. The number of nitrogens with zero attached hydrogens (tertiary/aromatic N) is 1. The standard InChI is InChI=1S/C15H21FN2O2/c1-2-10-5-3-4-6-13(10)20-14-8-7-11(16)9-12(14)15(17)18-19/h7-10,13,19H,2-6H2,1H3,(H2,17,18). The van der Waals surface area contributed by atoms with Gasteiger partial charge in [-0.15, -0.1) is 0 Å². The van der Waals surface area contributed by atoms with Crippen LogP contribution < -0.4 is 10.5 Å². The Morgan fingerprint density at radius 2 is 2.20 bits per heavy atom.